The minimum atomic E-state index is -1.40. The van der Waals surface area contributed by atoms with Gasteiger partial charge in [-0.3, -0.25) is 5.84 Å². The lowest BCUT2D eigenvalue weighted by molar-refractivity contribution is -0.130. The molecule has 1 aromatic heterocycles. The largest absolute Gasteiger partial charge is 0.477 e. The average molecular weight is 182 g/mol. The van der Waals surface area contributed by atoms with Crippen LogP contribution in [0.2, 0.25) is 0 Å². The molecule has 68 valence electrons. The number of anilines is 1. The molecule has 6 heteroatoms. The first-order valence-electron chi connectivity index (χ1n) is 3.23. The van der Waals surface area contributed by atoms with Crippen LogP contribution in [0.5, 0.6) is 0 Å². The molecule has 1 aromatic rings. The number of hydrogen-bond donors (Lipinski definition) is 3. The maximum absolute atomic E-state index is 10.4. The molecule has 0 spiro atoms. The van der Waals surface area contributed by atoms with Gasteiger partial charge < -0.3 is 14.9 Å². The Morgan fingerprint density at radius 2 is 2.38 bits per heavy atom. The second-order valence-corrected chi connectivity index (χ2v) is 2.13. The Morgan fingerprint density at radius 3 is 2.77 bits per heavy atom. The van der Waals surface area contributed by atoms with Crippen LogP contribution in [0.25, 0.3) is 5.57 Å². The highest BCUT2D eigenvalue weighted by molar-refractivity contribution is 6.23. The van der Waals surface area contributed by atoms with Gasteiger partial charge in [0.25, 0.3) is 0 Å². The lowest BCUT2D eigenvalue weighted by Crippen LogP contribution is -2.05. The van der Waals surface area contributed by atoms with E-state index >= 15 is 0 Å². The van der Waals surface area contributed by atoms with Crippen LogP contribution in [-0.4, -0.2) is 17.0 Å². The molecule has 0 aliphatic heterocycles. The lowest BCUT2D eigenvalue weighted by atomic mass is 10.2. The van der Waals surface area contributed by atoms with Crippen LogP contribution in [0.4, 0.5) is 5.69 Å². The molecule has 0 amide bonds. The highest BCUT2D eigenvalue weighted by Gasteiger charge is 2.15. The molecule has 0 unspecified atom stereocenters. The predicted octanol–water partition coefficient (Wildman–Crippen LogP) is -0.135. The first-order valence-corrected chi connectivity index (χ1v) is 3.23. The standard InChI is InChI=1S/C7H6N2O4/c8-9-4-1-6(13-3-4)5(2-10)7(11)12/h1,3,9H,8H2,(H,11,12). The molecule has 6 nitrogen and oxygen atoms in total. The third-order valence-corrected chi connectivity index (χ3v) is 1.33. The maximum atomic E-state index is 10.4. The predicted molar refractivity (Wildman–Crippen MR) is 43.3 cm³/mol. The van der Waals surface area contributed by atoms with Gasteiger partial charge in [-0.2, -0.15) is 0 Å². The Morgan fingerprint density at radius 1 is 1.69 bits per heavy atom. The monoisotopic (exact) mass is 182 g/mol. The van der Waals surface area contributed by atoms with Crippen molar-refractivity contribution in [3.8, 4) is 0 Å². The van der Waals surface area contributed by atoms with Crippen LogP contribution in [0.1, 0.15) is 5.76 Å². The van der Waals surface area contributed by atoms with Crippen LogP contribution in [0.3, 0.4) is 0 Å². The molecule has 1 rings (SSSR count). The molecule has 13 heavy (non-hydrogen) atoms. The number of carbonyl (C=O) groups is 1. The topological polar surface area (TPSA) is 106 Å². The van der Waals surface area contributed by atoms with Gasteiger partial charge in [0, 0.05) is 6.07 Å². The summed E-state index contributed by atoms with van der Waals surface area (Å²) in [6.07, 6.45) is 1.19. The van der Waals surface area contributed by atoms with E-state index in [1.54, 1.807) is 0 Å². The molecule has 4 N–H and O–H groups in total. The van der Waals surface area contributed by atoms with Crippen molar-refractivity contribution in [2.45, 2.75) is 0 Å². The Hall–Kier alpha value is -2.04. The van der Waals surface area contributed by atoms with E-state index in [9.17, 15) is 9.59 Å². The van der Waals surface area contributed by atoms with Crippen LogP contribution in [0.15, 0.2) is 16.7 Å². The van der Waals surface area contributed by atoms with Crippen molar-refractivity contribution in [1.29, 1.82) is 0 Å². The van der Waals surface area contributed by atoms with Crippen LogP contribution >= 0.6 is 0 Å². The van der Waals surface area contributed by atoms with Crippen LogP contribution in [0, 0.1) is 0 Å². The number of nitrogen functional groups attached to an aromatic ring is 1. The summed E-state index contributed by atoms with van der Waals surface area (Å²) in [6.45, 7) is 0. The molecular weight excluding hydrogens is 176 g/mol. The fourth-order valence-electron chi connectivity index (χ4n) is 0.742. The molecule has 0 aliphatic carbocycles. The van der Waals surface area contributed by atoms with Crippen molar-refractivity contribution in [2.24, 2.45) is 5.84 Å². The van der Waals surface area contributed by atoms with Crippen molar-refractivity contribution in [2.75, 3.05) is 5.43 Å². The molecule has 0 saturated heterocycles. The first-order chi connectivity index (χ1) is 6.19. The summed E-state index contributed by atoms with van der Waals surface area (Å²) in [5.41, 5.74) is 2.05. The highest BCUT2D eigenvalue weighted by Crippen LogP contribution is 2.18. The first kappa shape index (κ1) is 9.05. The van der Waals surface area contributed by atoms with Gasteiger partial charge in [0.05, 0.1) is 5.69 Å². The fourth-order valence-corrected chi connectivity index (χ4v) is 0.742. The zero-order valence-electron chi connectivity index (χ0n) is 6.40. The highest BCUT2D eigenvalue weighted by atomic mass is 16.4. The fraction of sp³-hybridized carbons (Fsp3) is 0. The summed E-state index contributed by atoms with van der Waals surface area (Å²) < 4.78 is 4.75. The Bertz CT molecular complexity index is 376. The molecule has 0 radical (unpaired) electrons. The third kappa shape index (κ3) is 1.76. The van der Waals surface area contributed by atoms with E-state index < -0.39 is 11.5 Å². The van der Waals surface area contributed by atoms with Gasteiger partial charge >= 0.3 is 5.97 Å². The van der Waals surface area contributed by atoms with Gasteiger partial charge in [-0.05, 0) is 0 Å². The number of carbonyl (C=O) groups excluding carboxylic acids is 1. The van der Waals surface area contributed by atoms with Crippen molar-refractivity contribution < 1.29 is 19.1 Å². The van der Waals surface area contributed by atoms with Gasteiger partial charge in [-0.15, -0.1) is 0 Å². The second kappa shape index (κ2) is 3.57. The number of carboxylic acids is 1. The van der Waals surface area contributed by atoms with E-state index in [1.165, 1.54) is 18.3 Å². The zero-order chi connectivity index (χ0) is 9.84. The molecule has 1 heterocycles. The normalized spacial score (nSPS) is 9.00. The quantitative estimate of drug-likeness (QED) is 0.260. The van der Waals surface area contributed by atoms with Gasteiger partial charge in [0.1, 0.15) is 12.2 Å². The minimum Gasteiger partial charge on any atom is -0.477 e. The van der Waals surface area contributed by atoms with Crippen molar-refractivity contribution in [1.82, 2.24) is 0 Å². The van der Waals surface area contributed by atoms with Crippen LogP contribution < -0.4 is 11.3 Å². The maximum Gasteiger partial charge on any atom is 0.350 e. The summed E-state index contributed by atoms with van der Waals surface area (Å²) in [4.78, 5) is 20.6. The number of aliphatic carboxylic acids is 1. The summed E-state index contributed by atoms with van der Waals surface area (Å²) in [5, 5.41) is 8.50. The average Bonchev–Trinajstić information content (AvgIpc) is 2.53. The van der Waals surface area contributed by atoms with E-state index in [-0.39, 0.29) is 5.76 Å². The second-order valence-electron chi connectivity index (χ2n) is 2.13. The van der Waals surface area contributed by atoms with E-state index in [2.05, 4.69) is 5.43 Å². The van der Waals surface area contributed by atoms with Crippen molar-refractivity contribution in [3.63, 3.8) is 0 Å². The number of hydrogen-bond acceptors (Lipinski definition) is 5. The van der Waals surface area contributed by atoms with Gasteiger partial charge in [-0.25, -0.2) is 9.59 Å². The summed E-state index contributed by atoms with van der Waals surface area (Å²) in [6, 6.07) is 1.29. The van der Waals surface area contributed by atoms with Crippen molar-refractivity contribution in [3.05, 3.63) is 18.1 Å². The summed E-state index contributed by atoms with van der Waals surface area (Å²) in [5.74, 6) is 4.79. The molecule has 0 atom stereocenters. The van der Waals surface area contributed by atoms with Crippen LogP contribution in [-0.2, 0) is 9.59 Å². The lowest BCUT2D eigenvalue weighted by Gasteiger charge is -1.89. The van der Waals surface area contributed by atoms with E-state index in [0.29, 0.717) is 5.69 Å². The molecule has 0 aromatic carbocycles. The Balaban J connectivity index is 3.07. The SMILES string of the molecule is NNc1coc(C(=C=O)C(=O)O)c1. The van der Waals surface area contributed by atoms with E-state index in [4.69, 9.17) is 15.4 Å². The summed E-state index contributed by atoms with van der Waals surface area (Å²) in [7, 11) is 0. The molecule has 0 bridgehead atoms. The number of hydrazine groups is 1. The van der Waals surface area contributed by atoms with Gasteiger partial charge in [0.15, 0.2) is 11.3 Å². The molecule has 0 saturated carbocycles. The van der Waals surface area contributed by atoms with Gasteiger partial charge in [0.2, 0.25) is 0 Å². The minimum absolute atomic E-state index is 0.0875. The Labute approximate surface area is 72.6 Å². The summed E-state index contributed by atoms with van der Waals surface area (Å²) >= 11 is 0. The number of rotatable bonds is 3. The Kier molecular flexibility index (Phi) is 2.49. The van der Waals surface area contributed by atoms with Gasteiger partial charge in [-0.1, -0.05) is 0 Å². The number of nitrogens with two attached hydrogens (primary N) is 1. The van der Waals surface area contributed by atoms with E-state index in [1.807, 2.05) is 0 Å². The molecule has 0 aliphatic rings. The molecule has 0 fully saturated rings. The third-order valence-electron chi connectivity index (χ3n) is 1.33. The number of nitrogens with one attached hydrogen (secondary N) is 1. The number of carboxylic acid groups (broad SMARTS) is 1. The number of furan rings is 1. The molecular formula is C7H6N2O4. The van der Waals surface area contributed by atoms with E-state index in [0.717, 1.165) is 0 Å². The smallest absolute Gasteiger partial charge is 0.350 e. The zero-order valence-corrected chi connectivity index (χ0v) is 6.40. The van der Waals surface area contributed by atoms with Crippen molar-refractivity contribution >= 4 is 23.2 Å².